The normalized spacial score (nSPS) is 20.4. The van der Waals surface area contributed by atoms with Crippen LogP contribution in [0.2, 0.25) is 0 Å². The minimum absolute atomic E-state index is 0.244. The van der Waals surface area contributed by atoms with Crippen molar-refractivity contribution in [2.75, 3.05) is 13.9 Å². The summed E-state index contributed by atoms with van der Waals surface area (Å²) < 4.78 is 16.1. The Labute approximate surface area is 94.3 Å². The molecule has 16 heavy (non-hydrogen) atoms. The van der Waals surface area contributed by atoms with Crippen LogP contribution in [0.4, 0.5) is 0 Å². The molecule has 0 aromatic heterocycles. The maximum absolute atomic E-state index is 6.32. The molecule has 1 aliphatic heterocycles. The molecular weight excluding hydrogens is 206 g/mol. The van der Waals surface area contributed by atoms with E-state index in [9.17, 15) is 0 Å². The number of methoxy groups -OCH3 is 1. The Morgan fingerprint density at radius 3 is 2.50 bits per heavy atom. The van der Waals surface area contributed by atoms with Gasteiger partial charge in [-0.25, -0.2) is 0 Å². The van der Waals surface area contributed by atoms with Crippen LogP contribution < -0.4 is 19.9 Å². The van der Waals surface area contributed by atoms with Gasteiger partial charge in [0.2, 0.25) is 6.79 Å². The molecule has 2 aliphatic rings. The number of hydrogen-bond acceptors (Lipinski definition) is 4. The molecule has 2 N–H and O–H groups in total. The summed E-state index contributed by atoms with van der Waals surface area (Å²) in [5.74, 6) is 2.31. The average molecular weight is 221 g/mol. The third-order valence-corrected chi connectivity index (χ3v) is 3.48. The second-order valence-electron chi connectivity index (χ2n) is 4.42. The van der Waals surface area contributed by atoms with E-state index in [-0.39, 0.29) is 12.3 Å². The van der Waals surface area contributed by atoms with Crippen LogP contribution in [0.15, 0.2) is 12.1 Å². The van der Waals surface area contributed by atoms with Crippen molar-refractivity contribution in [1.82, 2.24) is 0 Å². The lowest BCUT2D eigenvalue weighted by molar-refractivity contribution is 0.173. The molecule has 0 radical (unpaired) electrons. The number of nitrogens with two attached hydrogens (primary N) is 1. The van der Waals surface area contributed by atoms with E-state index in [4.69, 9.17) is 19.9 Å². The van der Waals surface area contributed by atoms with E-state index in [0.717, 1.165) is 35.7 Å². The maximum Gasteiger partial charge on any atom is 0.231 e. The first-order valence-electron chi connectivity index (χ1n) is 5.50. The Hall–Kier alpha value is -1.42. The summed E-state index contributed by atoms with van der Waals surface area (Å²) in [5, 5.41) is 0. The topological polar surface area (TPSA) is 53.7 Å². The van der Waals surface area contributed by atoms with Crippen LogP contribution in [-0.4, -0.2) is 13.9 Å². The van der Waals surface area contributed by atoms with Gasteiger partial charge in [-0.15, -0.1) is 0 Å². The number of ether oxygens (including phenoxy) is 3. The number of benzene rings is 1. The summed E-state index contributed by atoms with van der Waals surface area (Å²) in [7, 11) is 1.66. The van der Waals surface area contributed by atoms with Crippen LogP contribution in [0, 0.1) is 0 Å². The molecule has 0 unspecified atom stereocenters. The van der Waals surface area contributed by atoms with Gasteiger partial charge in [0.05, 0.1) is 7.11 Å². The lowest BCUT2D eigenvalue weighted by Crippen LogP contribution is -2.43. The Kier molecular flexibility index (Phi) is 2.01. The zero-order chi connectivity index (χ0) is 11.2. The number of rotatable bonds is 2. The van der Waals surface area contributed by atoms with E-state index in [1.807, 2.05) is 12.1 Å². The van der Waals surface area contributed by atoms with Crippen molar-refractivity contribution < 1.29 is 14.2 Å². The van der Waals surface area contributed by atoms with Crippen LogP contribution in [0.3, 0.4) is 0 Å². The first-order valence-corrected chi connectivity index (χ1v) is 5.50. The maximum atomic E-state index is 6.32. The molecule has 0 atom stereocenters. The summed E-state index contributed by atoms with van der Waals surface area (Å²) >= 11 is 0. The number of fused-ring (bicyclic) bond motifs is 1. The van der Waals surface area contributed by atoms with Gasteiger partial charge in [0.25, 0.3) is 0 Å². The van der Waals surface area contributed by atoms with Crippen molar-refractivity contribution in [1.29, 1.82) is 0 Å². The highest BCUT2D eigenvalue weighted by Crippen LogP contribution is 2.47. The minimum Gasteiger partial charge on any atom is -0.496 e. The highest BCUT2D eigenvalue weighted by atomic mass is 16.7. The third kappa shape index (κ3) is 1.26. The summed E-state index contributed by atoms with van der Waals surface area (Å²) in [6, 6.07) is 3.82. The Balaban J connectivity index is 2.09. The van der Waals surface area contributed by atoms with E-state index >= 15 is 0 Å². The summed E-state index contributed by atoms with van der Waals surface area (Å²) in [6.07, 6.45) is 3.18. The molecule has 1 heterocycles. The van der Waals surface area contributed by atoms with Crippen molar-refractivity contribution in [3.63, 3.8) is 0 Å². The van der Waals surface area contributed by atoms with Crippen LogP contribution in [0.25, 0.3) is 0 Å². The summed E-state index contributed by atoms with van der Waals surface area (Å²) in [6.45, 7) is 0.277. The fraction of sp³-hybridized carbons (Fsp3) is 0.500. The van der Waals surface area contributed by atoms with Gasteiger partial charge in [-0.05, 0) is 25.3 Å². The molecular formula is C12H15NO3. The predicted molar refractivity (Wildman–Crippen MR) is 58.8 cm³/mol. The van der Waals surface area contributed by atoms with Crippen LogP contribution >= 0.6 is 0 Å². The lowest BCUT2D eigenvalue weighted by atomic mass is 9.72. The first kappa shape index (κ1) is 9.78. The van der Waals surface area contributed by atoms with E-state index in [2.05, 4.69) is 0 Å². The van der Waals surface area contributed by atoms with Gasteiger partial charge in [-0.1, -0.05) is 0 Å². The molecule has 1 aromatic carbocycles. The van der Waals surface area contributed by atoms with Crippen molar-refractivity contribution in [2.24, 2.45) is 5.73 Å². The average Bonchev–Trinajstić information content (AvgIpc) is 2.71. The number of hydrogen-bond donors (Lipinski definition) is 1. The SMILES string of the molecule is COc1cc2c(cc1C1(N)CCC1)OCO2. The fourth-order valence-corrected chi connectivity index (χ4v) is 2.31. The summed E-state index contributed by atoms with van der Waals surface area (Å²) in [4.78, 5) is 0. The highest BCUT2D eigenvalue weighted by molar-refractivity contribution is 5.54. The first-order chi connectivity index (χ1) is 7.73. The predicted octanol–water partition coefficient (Wildman–Crippen LogP) is 1.76. The van der Waals surface area contributed by atoms with Crippen molar-refractivity contribution >= 4 is 0 Å². The van der Waals surface area contributed by atoms with E-state index in [1.165, 1.54) is 6.42 Å². The molecule has 1 aliphatic carbocycles. The standard InChI is InChI=1S/C12H15NO3/c1-14-9-6-11-10(15-7-16-11)5-8(9)12(13)3-2-4-12/h5-6H,2-4,7,13H2,1H3. The van der Waals surface area contributed by atoms with Crippen LogP contribution in [0.5, 0.6) is 17.2 Å². The molecule has 86 valence electrons. The van der Waals surface area contributed by atoms with Gasteiger partial charge < -0.3 is 19.9 Å². The lowest BCUT2D eigenvalue weighted by Gasteiger charge is -2.39. The second-order valence-corrected chi connectivity index (χ2v) is 4.42. The van der Waals surface area contributed by atoms with E-state index < -0.39 is 0 Å². The fourth-order valence-electron chi connectivity index (χ4n) is 2.31. The highest BCUT2D eigenvalue weighted by Gasteiger charge is 2.38. The van der Waals surface area contributed by atoms with Crippen molar-refractivity contribution in [3.8, 4) is 17.2 Å². The molecule has 1 saturated carbocycles. The van der Waals surface area contributed by atoms with Gasteiger partial charge in [-0.2, -0.15) is 0 Å². The largest absolute Gasteiger partial charge is 0.496 e. The molecule has 0 saturated heterocycles. The zero-order valence-electron chi connectivity index (χ0n) is 9.29. The minimum atomic E-state index is -0.244. The smallest absolute Gasteiger partial charge is 0.231 e. The molecule has 1 fully saturated rings. The molecule has 1 aromatic rings. The Morgan fingerprint density at radius 1 is 1.25 bits per heavy atom. The molecule has 0 bridgehead atoms. The van der Waals surface area contributed by atoms with Gasteiger partial charge in [0.15, 0.2) is 11.5 Å². The quantitative estimate of drug-likeness (QED) is 0.826. The van der Waals surface area contributed by atoms with Crippen molar-refractivity contribution in [2.45, 2.75) is 24.8 Å². The van der Waals surface area contributed by atoms with E-state index in [0.29, 0.717) is 0 Å². The molecule has 4 heteroatoms. The molecule has 4 nitrogen and oxygen atoms in total. The Bertz CT molecular complexity index is 427. The van der Waals surface area contributed by atoms with Gasteiger partial charge in [0.1, 0.15) is 5.75 Å². The van der Waals surface area contributed by atoms with Gasteiger partial charge in [0, 0.05) is 17.2 Å². The van der Waals surface area contributed by atoms with Crippen LogP contribution in [-0.2, 0) is 5.54 Å². The summed E-state index contributed by atoms with van der Waals surface area (Å²) in [5.41, 5.74) is 7.11. The third-order valence-electron chi connectivity index (χ3n) is 3.48. The molecule has 3 rings (SSSR count). The van der Waals surface area contributed by atoms with Gasteiger partial charge in [-0.3, -0.25) is 0 Å². The molecule has 0 amide bonds. The van der Waals surface area contributed by atoms with Crippen LogP contribution in [0.1, 0.15) is 24.8 Å². The van der Waals surface area contributed by atoms with E-state index in [1.54, 1.807) is 7.11 Å². The Morgan fingerprint density at radius 2 is 1.94 bits per heavy atom. The van der Waals surface area contributed by atoms with Gasteiger partial charge >= 0.3 is 0 Å². The van der Waals surface area contributed by atoms with Crippen molar-refractivity contribution in [3.05, 3.63) is 17.7 Å². The second kappa shape index (κ2) is 3.28. The monoisotopic (exact) mass is 221 g/mol. The zero-order valence-corrected chi connectivity index (χ0v) is 9.29. The molecule has 0 spiro atoms.